The van der Waals surface area contributed by atoms with Crippen molar-refractivity contribution in [1.29, 1.82) is 0 Å². The Labute approximate surface area is 121 Å². The lowest BCUT2D eigenvalue weighted by molar-refractivity contribution is 0.342. The number of benzene rings is 1. The summed E-state index contributed by atoms with van der Waals surface area (Å²) in [7, 11) is -3.51. The largest absolute Gasteiger partial charge is 0.398 e. The standard InChI is InChI=1S/C14H23N3O2S/c1-3-17-7-6-12(10-17)9-16-20(18,19)14-5-4-11(2)8-13(14)15/h4-5,8,12,16H,3,6-7,9-10,15H2,1-2H3. The molecule has 1 aliphatic rings. The molecule has 0 radical (unpaired) electrons. The van der Waals surface area contributed by atoms with Crippen LogP contribution in [0.4, 0.5) is 5.69 Å². The van der Waals surface area contributed by atoms with E-state index in [-0.39, 0.29) is 4.90 Å². The van der Waals surface area contributed by atoms with Crippen molar-refractivity contribution in [3.8, 4) is 0 Å². The lowest BCUT2D eigenvalue weighted by Gasteiger charge is -2.14. The van der Waals surface area contributed by atoms with Gasteiger partial charge in [-0.3, -0.25) is 0 Å². The number of hydrogen-bond acceptors (Lipinski definition) is 4. The average Bonchev–Trinajstić information content (AvgIpc) is 2.84. The summed E-state index contributed by atoms with van der Waals surface area (Å²) in [6, 6.07) is 5.02. The lowest BCUT2D eigenvalue weighted by Crippen LogP contribution is -2.31. The Morgan fingerprint density at radius 1 is 1.45 bits per heavy atom. The summed E-state index contributed by atoms with van der Waals surface area (Å²) < 4.78 is 27.2. The second kappa shape index (κ2) is 6.11. The van der Waals surface area contributed by atoms with Gasteiger partial charge in [0.25, 0.3) is 0 Å². The highest BCUT2D eigenvalue weighted by molar-refractivity contribution is 7.89. The first-order valence-corrected chi connectivity index (χ1v) is 8.49. The number of hydrogen-bond donors (Lipinski definition) is 2. The first-order chi connectivity index (χ1) is 9.42. The number of nitrogen functional groups attached to an aromatic ring is 1. The van der Waals surface area contributed by atoms with E-state index in [1.54, 1.807) is 18.2 Å². The van der Waals surface area contributed by atoms with Gasteiger partial charge in [0.05, 0.1) is 5.69 Å². The van der Waals surface area contributed by atoms with Gasteiger partial charge in [-0.1, -0.05) is 13.0 Å². The Bertz CT molecular complexity index is 572. The molecule has 1 aliphatic heterocycles. The van der Waals surface area contributed by atoms with Gasteiger partial charge < -0.3 is 10.6 Å². The van der Waals surface area contributed by atoms with E-state index in [1.807, 2.05) is 6.92 Å². The average molecular weight is 297 g/mol. The van der Waals surface area contributed by atoms with Gasteiger partial charge in [-0.25, -0.2) is 13.1 Å². The molecule has 1 fully saturated rings. The van der Waals surface area contributed by atoms with Crippen LogP contribution in [0.15, 0.2) is 23.1 Å². The number of likely N-dealkylation sites (tertiary alicyclic amines) is 1. The predicted molar refractivity (Wildman–Crippen MR) is 81.0 cm³/mol. The molecule has 0 spiro atoms. The Hall–Kier alpha value is -1.11. The molecule has 6 heteroatoms. The molecule has 0 amide bonds. The fourth-order valence-corrected chi connectivity index (χ4v) is 3.81. The molecule has 1 unspecified atom stereocenters. The van der Waals surface area contributed by atoms with Gasteiger partial charge in [-0.15, -0.1) is 0 Å². The van der Waals surface area contributed by atoms with Crippen LogP contribution < -0.4 is 10.5 Å². The molecule has 0 aliphatic carbocycles. The zero-order valence-corrected chi connectivity index (χ0v) is 12.9. The maximum absolute atomic E-state index is 12.3. The normalized spacial score (nSPS) is 20.4. The van der Waals surface area contributed by atoms with E-state index in [0.29, 0.717) is 18.2 Å². The summed E-state index contributed by atoms with van der Waals surface area (Å²) in [5, 5.41) is 0. The second-order valence-corrected chi connectivity index (χ2v) is 7.18. The van der Waals surface area contributed by atoms with E-state index in [2.05, 4.69) is 16.5 Å². The quantitative estimate of drug-likeness (QED) is 0.801. The van der Waals surface area contributed by atoms with E-state index in [4.69, 9.17) is 5.73 Å². The van der Waals surface area contributed by atoms with Crippen molar-refractivity contribution in [3.63, 3.8) is 0 Å². The van der Waals surface area contributed by atoms with Crippen LogP contribution in [0, 0.1) is 12.8 Å². The molecule has 2 rings (SSSR count). The maximum atomic E-state index is 12.3. The Kier molecular flexibility index (Phi) is 4.67. The maximum Gasteiger partial charge on any atom is 0.242 e. The first-order valence-electron chi connectivity index (χ1n) is 7.00. The van der Waals surface area contributed by atoms with Crippen molar-refractivity contribution < 1.29 is 8.42 Å². The first kappa shape index (κ1) is 15.3. The molecule has 1 aromatic rings. The number of sulfonamides is 1. The highest BCUT2D eigenvalue weighted by atomic mass is 32.2. The van der Waals surface area contributed by atoms with E-state index in [0.717, 1.165) is 31.6 Å². The molecule has 1 saturated heterocycles. The Balaban J connectivity index is 2.01. The van der Waals surface area contributed by atoms with Crippen molar-refractivity contribution in [2.24, 2.45) is 5.92 Å². The van der Waals surface area contributed by atoms with Gasteiger partial charge in [-0.2, -0.15) is 0 Å². The number of aryl methyl sites for hydroxylation is 1. The molecule has 5 nitrogen and oxygen atoms in total. The van der Waals surface area contributed by atoms with Gasteiger partial charge in [0.15, 0.2) is 0 Å². The smallest absolute Gasteiger partial charge is 0.242 e. The molecule has 0 aromatic heterocycles. The molecule has 0 bridgehead atoms. The molecular weight excluding hydrogens is 274 g/mol. The lowest BCUT2D eigenvalue weighted by atomic mass is 10.1. The minimum atomic E-state index is -3.51. The van der Waals surface area contributed by atoms with Crippen LogP contribution in [-0.2, 0) is 10.0 Å². The Morgan fingerprint density at radius 3 is 2.80 bits per heavy atom. The van der Waals surface area contributed by atoms with Gasteiger partial charge in [0, 0.05) is 13.1 Å². The fraction of sp³-hybridized carbons (Fsp3) is 0.571. The molecule has 1 aromatic carbocycles. The molecule has 1 atom stereocenters. The SMILES string of the molecule is CCN1CCC(CNS(=O)(=O)c2ccc(C)cc2N)C1. The van der Waals surface area contributed by atoms with Crippen molar-refractivity contribution in [2.45, 2.75) is 25.2 Å². The highest BCUT2D eigenvalue weighted by Gasteiger charge is 2.24. The summed E-state index contributed by atoms with van der Waals surface area (Å²) in [5.41, 5.74) is 7.07. The van der Waals surface area contributed by atoms with E-state index >= 15 is 0 Å². The van der Waals surface area contributed by atoms with Crippen LogP contribution in [0.1, 0.15) is 18.9 Å². The third-order valence-corrected chi connectivity index (χ3v) is 5.33. The minimum absolute atomic E-state index is 0.174. The van der Waals surface area contributed by atoms with Crippen molar-refractivity contribution in [2.75, 3.05) is 31.9 Å². The molecule has 112 valence electrons. The Morgan fingerprint density at radius 2 is 2.20 bits per heavy atom. The molecular formula is C14H23N3O2S. The molecule has 1 heterocycles. The zero-order chi connectivity index (χ0) is 14.8. The van der Waals surface area contributed by atoms with E-state index < -0.39 is 10.0 Å². The fourth-order valence-electron chi connectivity index (χ4n) is 2.58. The summed E-state index contributed by atoms with van der Waals surface area (Å²) in [6.45, 7) is 7.52. The monoisotopic (exact) mass is 297 g/mol. The number of nitrogens with one attached hydrogen (secondary N) is 1. The van der Waals surface area contributed by atoms with Crippen LogP contribution in [0.3, 0.4) is 0 Å². The molecule has 20 heavy (non-hydrogen) atoms. The van der Waals surface area contributed by atoms with Crippen LogP contribution in [0.25, 0.3) is 0 Å². The molecule has 3 N–H and O–H groups in total. The summed E-state index contributed by atoms with van der Waals surface area (Å²) in [5.74, 6) is 0.386. The number of nitrogens with zero attached hydrogens (tertiary/aromatic N) is 1. The summed E-state index contributed by atoms with van der Waals surface area (Å²) in [6.07, 6.45) is 1.04. The van der Waals surface area contributed by atoms with Crippen molar-refractivity contribution >= 4 is 15.7 Å². The minimum Gasteiger partial charge on any atom is -0.398 e. The summed E-state index contributed by atoms with van der Waals surface area (Å²) in [4.78, 5) is 2.51. The van der Waals surface area contributed by atoms with Crippen LogP contribution in [0.2, 0.25) is 0 Å². The van der Waals surface area contributed by atoms with Crippen molar-refractivity contribution in [1.82, 2.24) is 9.62 Å². The number of anilines is 1. The van der Waals surface area contributed by atoms with Gasteiger partial charge in [0.2, 0.25) is 10.0 Å². The topological polar surface area (TPSA) is 75.4 Å². The van der Waals surface area contributed by atoms with Crippen LogP contribution >= 0.6 is 0 Å². The van der Waals surface area contributed by atoms with Crippen molar-refractivity contribution in [3.05, 3.63) is 23.8 Å². The number of nitrogens with two attached hydrogens (primary N) is 1. The summed E-state index contributed by atoms with van der Waals surface area (Å²) >= 11 is 0. The van der Waals surface area contributed by atoms with Gasteiger partial charge >= 0.3 is 0 Å². The van der Waals surface area contributed by atoms with Gasteiger partial charge in [-0.05, 0) is 50.0 Å². The predicted octanol–water partition coefficient (Wildman–Crippen LogP) is 1.20. The second-order valence-electron chi connectivity index (χ2n) is 5.44. The third-order valence-electron chi connectivity index (χ3n) is 3.83. The zero-order valence-electron chi connectivity index (χ0n) is 12.1. The van der Waals surface area contributed by atoms with E-state index in [1.165, 1.54) is 0 Å². The highest BCUT2D eigenvalue weighted by Crippen LogP contribution is 2.20. The van der Waals surface area contributed by atoms with Crippen LogP contribution in [-0.4, -0.2) is 39.5 Å². The molecule has 0 saturated carbocycles. The van der Waals surface area contributed by atoms with Gasteiger partial charge in [0.1, 0.15) is 4.90 Å². The number of rotatable bonds is 5. The third kappa shape index (κ3) is 3.50. The van der Waals surface area contributed by atoms with E-state index in [9.17, 15) is 8.42 Å². The van der Waals surface area contributed by atoms with Crippen LogP contribution in [0.5, 0.6) is 0 Å².